The molecule has 0 radical (unpaired) electrons. The lowest BCUT2D eigenvalue weighted by atomic mass is 9.93. The zero-order valence-corrected chi connectivity index (χ0v) is 16.7. The molecule has 0 aliphatic rings. The van der Waals surface area contributed by atoms with Gasteiger partial charge in [-0.05, 0) is 48.2 Å². The van der Waals surface area contributed by atoms with Crippen LogP contribution < -0.4 is 5.32 Å². The quantitative estimate of drug-likeness (QED) is 0.482. The summed E-state index contributed by atoms with van der Waals surface area (Å²) in [6.45, 7) is 0.580. The normalized spacial score (nSPS) is 13.5. The monoisotopic (exact) mass is 431 g/mol. The number of aliphatic hydroxyl groups is 1. The number of carbonyl (C=O) groups is 1. The smallest absolute Gasteiger partial charge is 0.376 e. The van der Waals surface area contributed by atoms with Gasteiger partial charge in [-0.25, -0.2) is 4.39 Å². The van der Waals surface area contributed by atoms with Crippen molar-refractivity contribution < 1.29 is 27.5 Å². The van der Waals surface area contributed by atoms with Gasteiger partial charge in [-0.3, -0.25) is 4.79 Å². The molecule has 3 rings (SSSR count). The summed E-state index contributed by atoms with van der Waals surface area (Å²) >= 11 is 0. The predicted molar refractivity (Wildman–Crippen MR) is 111 cm³/mol. The summed E-state index contributed by atoms with van der Waals surface area (Å²) in [5.74, 6) is -1.05. The number of aryl methyl sites for hydroxylation is 1. The molecule has 0 aliphatic heterocycles. The number of anilines is 1. The highest BCUT2D eigenvalue weighted by Crippen LogP contribution is 2.39. The molecule has 0 saturated carbocycles. The highest BCUT2D eigenvalue weighted by Gasteiger charge is 2.51. The molecule has 3 aromatic carbocycles. The van der Waals surface area contributed by atoms with Crippen molar-refractivity contribution in [2.75, 3.05) is 5.32 Å². The van der Waals surface area contributed by atoms with Crippen molar-refractivity contribution in [3.05, 3.63) is 89.7 Å². The summed E-state index contributed by atoms with van der Waals surface area (Å²) in [4.78, 5) is 12.1. The molecular weight excluding hydrogens is 410 g/mol. The highest BCUT2D eigenvalue weighted by molar-refractivity contribution is 5.91. The molecule has 3 aromatic rings. The van der Waals surface area contributed by atoms with Crippen molar-refractivity contribution in [1.29, 1.82) is 0 Å². The van der Waals surface area contributed by atoms with Crippen LogP contribution in [-0.4, -0.2) is 17.2 Å². The van der Waals surface area contributed by atoms with Crippen LogP contribution in [0.4, 0.5) is 23.2 Å². The number of hydrogen-bond donors (Lipinski definition) is 2. The lowest BCUT2D eigenvalue weighted by Crippen LogP contribution is -2.39. The topological polar surface area (TPSA) is 49.3 Å². The minimum atomic E-state index is -4.93. The number of nitrogens with one attached hydrogen (secondary N) is 1. The van der Waals surface area contributed by atoms with Gasteiger partial charge in [-0.2, -0.15) is 13.2 Å². The van der Waals surface area contributed by atoms with Crippen molar-refractivity contribution >= 4 is 11.6 Å². The van der Waals surface area contributed by atoms with Gasteiger partial charge in [0, 0.05) is 17.7 Å². The van der Waals surface area contributed by atoms with Gasteiger partial charge < -0.3 is 10.4 Å². The molecule has 31 heavy (non-hydrogen) atoms. The predicted octanol–water partition coefficient (Wildman–Crippen LogP) is 5.83. The van der Waals surface area contributed by atoms with Crippen LogP contribution in [0.3, 0.4) is 0 Å². The second kappa shape index (κ2) is 8.89. The Morgan fingerprint density at radius 3 is 2.19 bits per heavy atom. The van der Waals surface area contributed by atoms with Crippen molar-refractivity contribution in [3.8, 4) is 11.1 Å². The lowest BCUT2D eigenvalue weighted by molar-refractivity contribution is -0.258. The number of benzene rings is 3. The lowest BCUT2D eigenvalue weighted by Gasteiger charge is -2.27. The minimum absolute atomic E-state index is 0.0867. The molecular formula is C24H21F4NO2. The van der Waals surface area contributed by atoms with Crippen molar-refractivity contribution in [1.82, 2.24) is 0 Å². The van der Waals surface area contributed by atoms with Crippen LogP contribution in [0.1, 0.15) is 24.5 Å². The van der Waals surface area contributed by atoms with Crippen LogP contribution in [0.15, 0.2) is 72.8 Å². The summed E-state index contributed by atoms with van der Waals surface area (Å²) in [7, 11) is 0. The maximum Gasteiger partial charge on any atom is 0.421 e. The molecule has 7 heteroatoms. The van der Waals surface area contributed by atoms with Crippen LogP contribution in [0, 0.1) is 5.82 Å². The van der Waals surface area contributed by atoms with E-state index in [2.05, 4.69) is 5.32 Å². The molecule has 1 amide bonds. The Labute approximate surface area is 177 Å². The van der Waals surface area contributed by atoms with E-state index in [1.807, 2.05) is 30.3 Å². The number of alkyl halides is 3. The third-order valence-electron chi connectivity index (χ3n) is 5.05. The maximum atomic E-state index is 14.5. The second-order valence-electron chi connectivity index (χ2n) is 7.38. The molecule has 1 atom stereocenters. The van der Waals surface area contributed by atoms with Gasteiger partial charge in [0.05, 0.1) is 0 Å². The first-order chi connectivity index (χ1) is 14.6. The largest absolute Gasteiger partial charge is 0.421 e. The van der Waals surface area contributed by atoms with Gasteiger partial charge in [0.2, 0.25) is 5.91 Å². The summed E-state index contributed by atoms with van der Waals surface area (Å²) in [5.41, 5.74) is -1.64. The summed E-state index contributed by atoms with van der Waals surface area (Å²) in [6, 6.07) is 18.8. The fraction of sp³-hybridized carbons (Fsp3) is 0.208. The van der Waals surface area contributed by atoms with E-state index in [0.29, 0.717) is 37.1 Å². The third-order valence-corrected chi connectivity index (χ3v) is 5.05. The van der Waals surface area contributed by atoms with E-state index >= 15 is 0 Å². The Morgan fingerprint density at radius 1 is 0.968 bits per heavy atom. The van der Waals surface area contributed by atoms with Crippen LogP contribution in [0.2, 0.25) is 0 Å². The van der Waals surface area contributed by atoms with E-state index < -0.39 is 23.2 Å². The summed E-state index contributed by atoms with van der Waals surface area (Å²) < 4.78 is 53.4. The fourth-order valence-electron chi connectivity index (χ4n) is 3.07. The highest BCUT2D eigenvalue weighted by atomic mass is 19.4. The molecule has 0 aliphatic carbocycles. The Hall–Kier alpha value is -3.19. The first-order valence-electron chi connectivity index (χ1n) is 9.61. The van der Waals surface area contributed by atoms with Crippen LogP contribution >= 0.6 is 0 Å². The van der Waals surface area contributed by atoms with E-state index in [9.17, 15) is 27.5 Å². The molecule has 0 fully saturated rings. The van der Waals surface area contributed by atoms with Gasteiger partial charge >= 0.3 is 6.18 Å². The van der Waals surface area contributed by atoms with Gasteiger partial charge in [-0.1, -0.05) is 54.6 Å². The van der Waals surface area contributed by atoms with E-state index in [1.165, 1.54) is 6.07 Å². The van der Waals surface area contributed by atoms with E-state index in [0.717, 1.165) is 11.6 Å². The van der Waals surface area contributed by atoms with Crippen LogP contribution in [-0.2, 0) is 16.8 Å². The summed E-state index contributed by atoms with van der Waals surface area (Å²) in [5, 5.41) is 12.5. The Morgan fingerprint density at radius 2 is 1.61 bits per heavy atom. The molecule has 0 saturated heterocycles. The minimum Gasteiger partial charge on any atom is -0.376 e. The van der Waals surface area contributed by atoms with Crippen molar-refractivity contribution in [2.45, 2.75) is 31.5 Å². The molecule has 0 spiro atoms. The van der Waals surface area contributed by atoms with Crippen LogP contribution in [0.5, 0.6) is 0 Å². The Kier molecular flexibility index (Phi) is 6.45. The Balaban J connectivity index is 1.68. The van der Waals surface area contributed by atoms with E-state index in [-0.39, 0.29) is 11.5 Å². The molecule has 2 N–H and O–H groups in total. The van der Waals surface area contributed by atoms with E-state index in [4.69, 9.17) is 0 Å². The molecule has 0 heterocycles. The first-order valence-corrected chi connectivity index (χ1v) is 9.61. The van der Waals surface area contributed by atoms with Gasteiger partial charge in [0.1, 0.15) is 5.82 Å². The van der Waals surface area contributed by atoms with Gasteiger partial charge in [0.25, 0.3) is 0 Å². The molecule has 3 nitrogen and oxygen atoms in total. The molecule has 1 unspecified atom stereocenters. The average Bonchev–Trinajstić information content (AvgIpc) is 2.73. The number of halogens is 4. The zero-order valence-electron chi connectivity index (χ0n) is 16.7. The number of rotatable bonds is 6. The van der Waals surface area contributed by atoms with Gasteiger partial charge in [-0.15, -0.1) is 0 Å². The zero-order chi connectivity index (χ0) is 22.6. The maximum absolute atomic E-state index is 14.5. The third kappa shape index (κ3) is 5.30. The number of carbonyl (C=O) groups excluding carboxylic acids is 1. The summed E-state index contributed by atoms with van der Waals surface area (Å²) in [6.07, 6.45) is -4.02. The standard InChI is InChI=1S/C24H21F4NO2/c1-23(31,24(26,27)28)18-10-13-20(21(25)15-18)17-8-11-19(12-9-17)29-22(30)14-7-16-5-3-2-4-6-16/h2-6,8-13,15,31H,7,14H2,1H3,(H,29,30). The van der Waals surface area contributed by atoms with Crippen LogP contribution in [0.25, 0.3) is 11.1 Å². The SMILES string of the molecule is CC(O)(c1ccc(-c2ccc(NC(=O)CCc3ccccc3)cc2)c(F)c1)C(F)(F)F. The van der Waals surface area contributed by atoms with Crippen molar-refractivity contribution in [2.24, 2.45) is 0 Å². The molecule has 0 aromatic heterocycles. The fourth-order valence-corrected chi connectivity index (χ4v) is 3.07. The van der Waals surface area contributed by atoms with E-state index in [1.54, 1.807) is 24.3 Å². The Bertz CT molecular complexity index is 1050. The average molecular weight is 431 g/mol. The van der Waals surface area contributed by atoms with Crippen molar-refractivity contribution in [3.63, 3.8) is 0 Å². The molecule has 0 bridgehead atoms. The second-order valence-corrected chi connectivity index (χ2v) is 7.38. The number of amides is 1. The molecule has 162 valence electrons. The first kappa shape index (κ1) is 22.5. The number of hydrogen-bond acceptors (Lipinski definition) is 2. The van der Waals surface area contributed by atoms with Gasteiger partial charge in [0.15, 0.2) is 5.60 Å².